The number of methoxy groups -OCH3 is 2. The van der Waals surface area contributed by atoms with E-state index in [1.54, 1.807) is 19.2 Å². The van der Waals surface area contributed by atoms with Crippen LogP contribution in [0.15, 0.2) is 53.3 Å². The van der Waals surface area contributed by atoms with E-state index in [-0.39, 0.29) is 22.8 Å². The van der Waals surface area contributed by atoms with Crippen LogP contribution in [-0.4, -0.2) is 35.0 Å². The molecule has 0 aliphatic rings. The van der Waals surface area contributed by atoms with Gasteiger partial charge in [0.1, 0.15) is 17.3 Å². The number of hydrogen-bond acceptors (Lipinski definition) is 7. The van der Waals surface area contributed by atoms with E-state index < -0.39 is 16.4 Å². The predicted molar refractivity (Wildman–Crippen MR) is 108 cm³/mol. The Morgan fingerprint density at radius 3 is 2.50 bits per heavy atom. The van der Waals surface area contributed by atoms with Crippen molar-refractivity contribution in [2.45, 2.75) is 6.42 Å². The number of carbonyl (C=O) groups excluding carboxylic acids is 1. The first-order chi connectivity index (χ1) is 14.4. The second kappa shape index (κ2) is 8.86. The summed E-state index contributed by atoms with van der Waals surface area (Å²) in [6, 6.07) is 12.3. The molecule has 2 aromatic carbocycles. The maximum Gasteiger partial charge on any atom is 0.312 e. The van der Waals surface area contributed by atoms with Crippen molar-refractivity contribution in [2.75, 3.05) is 19.5 Å². The lowest BCUT2D eigenvalue weighted by Crippen LogP contribution is -2.20. The smallest absolute Gasteiger partial charge is 0.312 e. The summed E-state index contributed by atoms with van der Waals surface area (Å²) in [7, 11) is 2.87. The number of H-pyrrole nitrogens is 1. The Morgan fingerprint density at radius 1 is 1.13 bits per heavy atom. The van der Waals surface area contributed by atoms with Gasteiger partial charge in [0.05, 0.1) is 19.1 Å². The Bertz CT molecular complexity index is 1140. The zero-order chi connectivity index (χ0) is 21.7. The van der Waals surface area contributed by atoms with Gasteiger partial charge in [0.2, 0.25) is 0 Å². The van der Waals surface area contributed by atoms with Gasteiger partial charge in [-0.3, -0.25) is 19.7 Å². The lowest BCUT2D eigenvalue weighted by atomic mass is 10.1. The number of nitro groups is 1. The predicted octanol–water partition coefficient (Wildman–Crippen LogP) is 2.54. The Hall–Kier alpha value is -4.21. The third-order valence-corrected chi connectivity index (χ3v) is 4.19. The number of anilines is 1. The Morgan fingerprint density at radius 2 is 1.87 bits per heavy atom. The van der Waals surface area contributed by atoms with Crippen LogP contribution in [-0.2, 0) is 6.42 Å². The summed E-state index contributed by atoms with van der Waals surface area (Å²) in [6.07, 6.45) is 0.300. The lowest BCUT2D eigenvalue weighted by Gasteiger charge is -2.08. The van der Waals surface area contributed by atoms with E-state index in [1.165, 1.54) is 25.3 Å². The minimum Gasteiger partial charge on any atom is -0.497 e. The molecule has 0 saturated carbocycles. The van der Waals surface area contributed by atoms with Crippen molar-refractivity contribution in [1.82, 2.24) is 9.97 Å². The standard InChI is InChI=1S/C20H18N4O6/c1-29-14-6-3-12(4-7-14)9-18-22-15(11-19(25)23-18)20(26)21-13-5-8-17(30-2)16(10-13)24(27)28/h3-8,10-11H,9H2,1-2H3,(H,21,26)(H,22,23,25). The van der Waals surface area contributed by atoms with Gasteiger partial charge in [-0.15, -0.1) is 0 Å². The highest BCUT2D eigenvalue weighted by atomic mass is 16.6. The van der Waals surface area contributed by atoms with Crippen molar-refractivity contribution in [3.05, 3.63) is 86.1 Å². The van der Waals surface area contributed by atoms with Gasteiger partial charge >= 0.3 is 5.69 Å². The van der Waals surface area contributed by atoms with E-state index in [0.29, 0.717) is 18.0 Å². The number of rotatable bonds is 7. The fraction of sp³-hybridized carbons (Fsp3) is 0.150. The maximum absolute atomic E-state index is 12.5. The summed E-state index contributed by atoms with van der Waals surface area (Å²) in [5.41, 5.74) is 0.142. The Labute approximate surface area is 170 Å². The van der Waals surface area contributed by atoms with E-state index in [0.717, 1.165) is 11.6 Å². The van der Waals surface area contributed by atoms with Crippen molar-refractivity contribution in [1.29, 1.82) is 0 Å². The average Bonchev–Trinajstić information content (AvgIpc) is 2.73. The van der Waals surface area contributed by atoms with Crippen molar-refractivity contribution in [3.8, 4) is 11.5 Å². The molecule has 30 heavy (non-hydrogen) atoms. The minimum absolute atomic E-state index is 0.0639. The second-order valence-electron chi connectivity index (χ2n) is 6.20. The van der Waals surface area contributed by atoms with Gasteiger partial charge in [-0.2, -0.15) is 0 Å². The minimum atomic E-state index is -0.670. The number of amides is 1. The molecule has 0 unspecified atom stereocenters. The van der Waals surface area contributed by atoms with Crippen molar-refractivity contribution in [3.63, 3.8) is 0 Å². The molecule has 3 rings (SSSR count). The molecular weight excluding hydrogens is 392 g/mol. The molecule has 1 aromatic heterocycles. The third kappa shape index (κ3) is 4.79. The molecule has 0 radical (unpaired) electrons. The van der Waals surface area contributed by atoms with E-state index in [4.69, 9.17) is 9.47 Å². The number of aromatic amines is 1. The highest BCUT2D eigenvalue weighted by molar-refractivity contribution is 6.03. The zero-order valence-corrected chi connectivity index (χ0v) is 16.2. The second-order valence-corrected chi connectivity index (χ2v) is 6.20. The fourth-order valence-corrected chi connectivity index (χ4v) is 2.75. The SMILES string of the molecule is COc1ccc(Cc2nc(C(=O)Nc3ccc(OC)c([N+](=O)[O-])c3)cc(=O)[nH]2)cc1. The fourth-order valence-electron chi connectivity index (χ4n) is 2.75. The number of nitro benzene ring substituents is 1. The number of ether oxygens (including phenoxy) is 2. The summed E-state index contributed by atoms with van der Waals surface area (Å²) >= 11 is 0. The number of benzene rings is 2. The number of hydrogen-bond donors (Lipinski definition) is 2. The average molecular weight is 410 g/mol. The first-order valence-electron chi connectivity index (χ1n) is 8.76. The van der Waals surface area contributed by atoms with Gasteiger partial charge in [0, 0.05) is 24.2 Å². The van der Waals surface area contributed by atoms with Crippen molar-refractivity contribution < 1.29 is 19.2 Å². The van der Waals surface area contributed by atoms with Crippen LogP contribution in [0.4, 0.5) is 11.4 Å². The molecule has 0 saturated heterocycles. The van der Waals surface area contributed by atoms with Crippen LogP contribution in [0.5, 0.6) is 11.5 Å². The van der Waals surface area contributed by atoms with Crippen LogP contribution in [0.1, 0.15) is 21.9 Å². The quantitative estimate of drug-likeness (QED) is 0.451. The number of nitrogens with zero attached hydrogens (tertiary/aromatic N) is 2. The van der Waals surface area contributed by atoms with Crippen molar-refractivity contribution in [2.24, 2.45) is 0 Å². The molecule has 1 heterocycles. The third-order valence-electron chi connectivity index (χ3n) is 4.19. The lowest BCUT2D eigenvalue weighted by molar-refractivity contribution is -0.385. The molecule has 0 fully saturated rings. The van der Waals surface area contributed by atoms with Crippen LogP contribution >= 0.6 is 0 Å². The van der Waals surface area contributed by atoms with Gasteiger partial charge in [0.15, 0.2) is 5.75 Å². The molecule has 2 N–H and O–H groups in total. The monoisotopic (exact) mass is 410 g/mol. The van der Waals surface area contributed by atoms with Crippen LogP contribution in [0.3, 0.4) is 0 Å². The van der Waals surface area contributed by atoms with Gasteiger partial charge in [-0.1, -0.05) is 12.1 Å². The highest BCUT2D eigenvalue weighted by Crippen LogP contribution is 2.29. The Kier molecular flexibility index (Phi) is 6.06. The molecular formula is C20H18N4O6. The molecule has 0 bridgehead atoms. The summed E-state index contributed by atoms with van der Waals surface area (Å²) in [5, 5.41) is 13.6. The van der Waals surface area contributed by atoms with Gasteiger partial charge in [-0.25, -0.2) is 4.98 Å². The van der Waals surface area contributed by atoms with E-state index in [9.17, 15) is 19.7 Å². The molecule has 0 aliphatic heterocycles. The number of nitrogens with one attached hydrogen (secondary N) is 2. The van der Waals surface area contributed by atoms with Crippen LogP contribution in [0.25, 0.3) is 0 Å². The largest absolute Gasteiger partial charge is 0.497 e. The molecule has 1 amide bonds. The first kappa shape index (κ1) is 20.5. The molecule has 10 heteroatoms. The van der Waals surface area contributed by atoms with Crippen LogP contribution < -0.4 is 20.3 Å². The summed E-state index contributed by atoms with van der Waals surface area (Å²) in [6.45, 7) is 0. The van der Waals surface area contributed by atoms with E-state index in [1.807, 2.05) is 12.1 Å². The maximum atomic E-state index is 12.5. The molecule has 0 atom stereocenters. The first-order valence-corrected chi connectivity index (χ1v) is 8.76. The summed E-state index contributed by atoms with van der Waals surface area (Å²) < 4.78 is 10.0. The number of carbonyl (C=O) groups is 1. The van der Waals surface area contributed by atoms with Crippen LogP contribution in [0.2, 0.25) is 0 Å². The Balaban J connectivity index is 1.81. The molecule has 154 valence electrons. The highest BCUT2D eigenvalue weighted by Gasteiger charge is 2.17. The van der Waals surface area contributed by atoms with E-state index in [2.05, 4.69) is 15.3 Å². The number of aromatic nitrogens is 2. The van der Waals surface area contributed by atoms with Crippen LogP contribution in [0, 0.1) is 10.1 Å². The summed E-state index contributed by atoms with van der Waals surface area (Å²) in [5.74, 6) is 0.394. The van der Waals surface area contributed by atoms with Crippen molar-refractivity contribution >= 4 is 17.3 Å². The molecule has 0 spiro atoms. The molecule has 10 nitrogen and oxygen atoms in total. The van der Waals surface area contributed by atoms with E-state index >= 15 is 0 Å². The summed E-state index contributed by atoms with van der Waals surface area (Å²) in [4.78, 5) is 41.9. The van der Waals surface area contributed by atoms with Gasteiger partial charge in [0.25, 0.3) is 11.5 Å². The molecule has 0 aliphatic carbocycles. The van der Waals surface area contributed by atoms with Gasteiger partial charge in [-0.05, 0) is 29.8 Å². The van der Waals surface area contributed by atoms with Gasteiger partial charge < -0.3 is 19.8 Å². The zero-order valence-electron chi connectivity index (χ0n) is 16.2. The topological polar surface area (TPSA) is 136 Å². The normalized spacial score (nSPS) is 10.3. The molecule has 3 aromatic rings.